The molecule has 6 aromatic heterocycles. The van der Waals surface area contributed by atoms with Gasteiger partial charge in [-0.05, 0) is 83.6 Å². The first-order valence-corrected chi connectivity index (χ1v) is 16.7. The minimum atomic E-state index is 0.505. The molecule has 48 heavy (non-hydrogen) atoms. The van der Waals surface area contributed by atoms with Gasteiger partial charge in [0.1, 0.15) is 23.3 Å². The van der Waals surface area contributed by atoms with Crippen molar-refractivity contribution in [3.05, 3.63) is 131 Å². The van der Waals surface area contributed by atoms with Crippen molar-refractivity contribution in [3.8, 4) is 33.4 Å². The van der Waals surface area contributed by atoms with Crippen LogP contribution in [-0.4, -0.2) is 9.97 Å². The number of fused-ring (bicyclic) bond motifs is 2. The number of furan rings is 2. The standard InChI is InChI=1S/C40H20N4O2S2/c41-21-23(29-9-1-3-17-43-29)19-25-13-15-33(47-25)39-37-27-7-5-12-32-36(27)38(28-8-6-11-31(45-39)35(28)37)40(46-32)34-16-14-26(48-34)20-24(22-42)30-10-2-4-18-44-30/h1-20H. The first-order valence-electron chi connectivity index (χ1n) is 15.1. The summed E-state index contributed by atoms with van der Waals surface area (Å²) in [5.41, 5.74) is 3.89. The van der Waals surface area contributed by atoms with E-state index in [4.69, 9.17) is 8.83 Å². The molecule has 6 heterocycles. The minimum Gasteiger partial charge on any atom is -0.455 e. The molecule has 0 N–H and O–H groups in total. The van der Waals surface area contributed by atoms with E-state index in [0.717, 1.165) is 74.5 Å². The van der Waals surface area contributed by atoms with E-state index in [1.807, 2.05) is 84.9 Å². The van der Waals surface area contributed by atoms with Crippen LogP contribution in [0.25, 0.3) is 88.1 Å². The maximum absolute atomic E-state index is 9.84. The predicted molar refractivity (Wildman–Crippen MR) is 194 cm³/mol. The Balaban J connectivity index is 1.21. The highest BCUT2D eigenvalue weighted by Crippen LogP contribution is 2.51. The molecule has 0 amide bonds. The summed E-state index contributed by atoms with van der Waals surface area (Å²) in [5.74, 6) is 1.59. The largest absolute Gasteiger partial charge is 0.455 e. The van der Waals surface area contributed by atoms with Crippen molar-refractivity contribution in [2.45, 2.75) is 0 Å². The normalized spacial score (nSPS) is 12.4. The van der Waals surface area contributed by atoms with E-state index >= 15 is 0 Å². The molecule has 0 unspecified atom stereocenters. The van der Waals surface area contributed by atoms with Crippen molar-refractivity contribution in [2.75, 3.05) is 0 Å². The number of thiophene rings is 2. The average molecular weight is 653 g/mol. The highest BCUT2D eigenvalue weighted by Gasteiger charge is 2.26. The number of nitriles is 2. The van der Waals surface area contributed by atoms with Gasteiger partial charge in [0.15, 0.2) is 11.5 Å². The Hall–Kier alpha value is -6.32. The second kappa shape index (κ2) is 11.2. The van der Waals surface area contributed by atoms with Crippen LogP contribution < -0.4 is 0 Å². The van der Waals surface area contributed by atoms with Gasteiger partial charge < -0.3 is 8.83 Å². The summed E-state index contributed by atoms with van der Waals surface area (Å²) in [6, 6.07) is 36.1. The molecule has 0 spiro atoms. The fourth-order valence-electron chi connectivity index (χ4n) is 6.34. The third-order valence-electron chi connectivity index (χ3n) is 8.37. The molecule has 0 aliphatic heterocycles. The van der Waals surface area contributed by atoms with E-state index in [1.165, 1.54) is 0 Å². The Morgan fingerprint density at radius 1 is 0.542 bits per heavy atom. The van der Waals surface area contributed by atoms with E-state index in [-0.39, 0.29) is 0 Å². The first-order chi connectivity index (χ1) is 23.7. The quantitative estimate of drug-likeness (QED) is 0.131. The van der Waals surface area contributed by atoms with Gasteiger partial charge in [-0.1, -0.05) is 36.4 Å². The van der Waals surface area contributed by atoms with E-state index in [1.54, 1.807) is 35.1 Å². The molecule has 9 aromatic rings. The van der Waals surface area contributed by atoms with Crippen LogP contribution in [0, 0.1) is 22.7 Å². The number of aromatic nitrogens is 2. The molecule has 6 nitrogen and oxygen atoms in total. The summed E-state index contributed by atoms with van der Waals surface area (Å²) in [5, 5.41) is 26.0. The number of nitrogens with zero attached hydrogens (tertiary/aromatic N) is 4. The number of hydrogen-bond acceptors (Lipinski definition) is 8. The van der Waals surface area contributed by atoms with Gasteiger partial charge in [-0.15, -0.1) is 22.7 Å². The molecule has 0 saturated carbocycles. The molecule has 0 atom stereocenters. The number of hydrogen-bond donors (Lipinski definition) is 0. The van der Waals surface area contributed by atoms with Gasteiger partial charge in [0.25, 0.3) is 0 Å². The average Bonchev–Trinajstić information content (AvgIpc) is 3.95. The third-order valence-corrected chi connectivity index (χ3v) is 10.4. The molecule has 0 radical (unpaired) electrons. The monoisotopic (exact) mass is 652 g/mol. The van der Waals surface area contributed by atoms with Crippen LogP contribution in [0.1, 0.15) is 21.1 Å². The lowest BCUT2D eigenvalue weighted by atomic mass is 9.94. The van der Waals surface area contributed by atoms with Crippen LogP contribution in [0.15, 0.2) is 118 Å². The maximum Gasteiger partial charge on any atom is 0.153 e. The Kier molecular flexibility index (Phi) is 6.51. The molecular weight excluding hydrogens is 633 g/mol. The summed E-state index contributed by atoms with van der Waals surface area (Å²) in [6.07, 6.45) is 7.13. The van der Waals surface area contributed by atoms with Crippen LogP contribution in [-0.2, 0) is 0 Å². The first kappa shape index (κ1) is 27.9. The van der Waals surface area contributed by atoms with Crippen LogP contribution in [0.4, 0.5) is 0 Å². The second-order valence-corrected chi connectivity index (χ2v) is 13.4. The summed E-state index contributed by atoms with van der Waals surface area (Å²) in [7, 11) is 0. The van der Waals surface area contributed by atoms with Crippen molar-refractivity contribution in [3.63, 3.8) is 0 Å². The van der Waals surface area contributed by atoms with Gasteiger partial charge in [0.05, 0.1) is 32.3 Å². The van der Waals surface area contributed by atoms with Gasteiger partial charge in [-0.2, -0.15) is 10.5 Å². The lowest BCUT2D eigenvalue weighted by molar-refractivity contribution is 0.636. The van der Waals surface area contributed by atoms with Gasteiger partial charge in [0, 0.05) is 43.7 Å². The van der Waals surface area contributed by atoms with E-state index < -0.39 is 0 Å². The smallest absolute Gasteiger partial charge is 0.153 e. The maximum atomic E-state index is 9.84. The molecule has 0 fully saturated rings. The van der Waals surface area contributed by atoms with Crippen LogP contribution in [0.2, 0.25) is 0 Å². The van der Waals surface area contributed by atoms with Crippen molar-refractivity contribution >= 4 is 89.5 Å². The van der Waals surface area contributed by atoms with Crippen LogP contribution in [0.5, 0.6) is 0 Å². The van der Waals surface area contributed by atoms with Crippen molar-refractivity contribution in [1.29, 1.82) is 10.5 Å². The molecule has 0 aliphatic carbocycles. The topological polar surface area (TPSA) is 99.6 Å². The summed E-state index contributed by atoms with van der Waals surface area (Å²) >= 11 is 3.15. The van der Waals surface area contributed by atoms with E-state index in [2.05, 4.69) is 46.4 Å². The fourth-order valence-corrected chi connectivity index (χ4v) is 8.21. The van der Waals surface area contributed by atoms with Crippen molar-refractivity contribution < 1.29 is 8.83 Å². The second-order valence-electron chi connectivity index (χ2n) is 11.1. The lowest BCUT2D eigenvalue weighted by Gasteiger charge is -2.05. The molecular formula is C40H20N4O2S2. The SMILES string of the molecule is N#CC(=Cc1ccc(-c2oc3cccc4c5c(-c6ccc(C=C(C#N)c7ccccn7)s6)oc6cccc(c2c34)c65)s1)c1ccccn1. The van der Waals surface area contributed by atoms with E-state index in [0.29, 0.717) is 22.5 Å². The molecule has 0 aliphatic rings. The number of allylic oxidation sites excluding steroid dienone is 2. The number of benzene rings is 3. The molecule has 3 aromatic carbocycles. The summed E-state index contributed by atoms with van der Waals surface area (Å²) < 4.78 is 13.3. The predicted octanol–water partition coefficient (Wildman–Crippen LogP) is 11.3. The zero-order valence-corrected chi connectivity index (χ0v) is 26.6. The summed E-state index contributed by atoms with van der Waals surface area (Å²) in [4.78, 5) is 12.5. The highest BCUT2D eigenvalue weighted by atomic mass is 32.1. The molecule has 0 bridgehead atoms. The molecule has 0 saturated heterocycles. The van der Waals surface area contributed by atoms with Crippen LogP contribution in [0.3, 0.4) is 0 Å². The molecule has 8 heteroatoms. The Labute approximate surface area is 281 Å². The zero-order valence-electron chi connectivity index (χ0n) is 25.0. The minimum absolute atomic E-state index is 0.505. The third kappa shape index (κ3) is 4.44. The fraction of sp³-hybridized carbons (Fsp3) is 0. The zero-order chi connectivity index (χ0) is 32.2. The highest BCUT2D eigenvalue weighted by molar-refractivity contribution is 7.16. The number of rotatable bonds is 6. The Morgan fingerprint density at radius 2 is 1.02 bits per heavy atom. The van der Waals surface area contributed by atoms with Crippen molar-refractivity contribution in [2.24, 2.45) is 0 Å². The lowest BCUT2D eigenvalue weighted by Crippen LogP contribution is -1.84. The molecule has 224 valence electrons. The summed E-state index contributed by atoms with van der Waals surface area (Å²) in [6.45, 7) is 0. The van der Waals surface area contributed by atoms with Gasteiger partial charge in [0.2, 0.25) is 0 Å². The number of pyridine rings is 2. The van der Waals surface area contributed by atoms with Gasteiger partial charge in [-0.25, -0.2) is 0 Å². The van der Waals surface area contributed by atoms with Crippen molar-refractivity contribution in [1.82, 2.24) is 9.97 Å². The van der Waals surface area contributed by atoms with Crippen LogP contribution >= 0.6 is 22.7 Å². The van der Waals surface area contributed by atoms with Gasteiger partial charge >= 0.3 is 0 Å². The van der Waals surface area contributed by atoms with Gasteiger partial charge in [-0.3, -0.25) is 9.97 Å². The molecule has 9 rings (SSSR count). The Bertz CT molecular complexity index is 2610. The Morgan fingerprint density at radius 3 is 1.44 bits per heavy atom. The van der Waals surface area contributed by atoms with E-state index in [9.17, 15) is 10.5 Å².